The van der Waals surface area contributed by atoms with E-state index in [1.54, 1.807) is 29.8 Å². The molecule has 0 spiro atoms. The predicted octanol–water partition coefficient (Wildman–Crippen LogP) is 5.65. The van der Waals surface area contributed by atoms with Gasteiger partial charge in [0, 0.05) is 17.6 Å². The number of thiophene rings is 1. The Morgan fingerprint density at radius 2 is 1.79 bits per heavy atom. The Bertz CT molecular complexity index is 1180. The van der Waals surface area contributed by atoms with Gasteiger partial charge in [-0.2, -0.15) is 0 Å². The summed E-state index contributed by atoms with van der Waals surface area (Å²) in [5.74, 6) is -2.61. The lowest BCUT2D eigenvalue weighted by molar-refractivity contribution is 0.101. The number of imidazole rings is 1. The molecular formula is C22H17F2N3OS. The van der Waals surface area contributed by atoms with E-state index in [-0.39, 0.29) is 0 Å². The van der Waals surface area contributed by atoms with Gasteiger partial charge in [-0.15, -0.1) is 11.3 Å². The molecule has 0 aliphatic rings. The quantitative estimate of drug-likeness (QED) is 0.473. The monoisotopic (exact) mass is 409 g/mol. The molecule has 146 valence electrons. The number of aromatic nitrogens is 2. The third kappa shape index (κ3) is 3.69. The SMILES string of the molecule is Cc1cc(-c2cncn2C)sc1-c1ccc(NC(=O)c2c(F)cccc2F)cc1. The Morgan fingerprint density at radius 1 is 1.10 bits per heavy atom. The number of amides is 1. The van der Waals surface area contributed by atoms with E-state index in [0.29, 0.717) is 5.69 Å². The van der Waals surface area contributed by atoms with E-state index in [4.69, 9.17) is 0 Å². The van der Waals surface area contributed by atoms with Crippen molar-refractivity contribution in [3.63, 3.8) is 0 Å². The maximum atomic E-state index is 13.8. The van der Waals surface area contributed by atoms with Crippen LogP contribution in [0.3, 0.4) is 0 Å². The zero-order valence-corrected chi connectivity index (χ0v) is 16.6. The highest BCUT2D eigenvalue weighted by atomic mass is 32.1. The molecule has 0 saturated carbocycles. The Labute approximate surface area is 170 Å². The van der Waals surface area contributed by atoms with Crippen molar-refractivity contribution in [1.29, 1.82) is 0 Å². The van der Waals surface area contributed by atoms with E-state index in [1.165, 1.54) is 6.07 Å². The van der Waals surface area contributed by atoms with Crippen LogP contribution >= 0.6 is 11.3 Å². The molecule has 4 aromatic rings. The van der Waals surface area contributed by atoms with Gasteiger partial charge < -0.3 is 9.88 Å². The Hall–Kier alpha value is -3.32. The van der Waals surface area contributed by atoms with Gasteiger partial charge in [0.25, 0.3) is 5.91 Å². The van der Waals surface area contributed by atoms with Crippen LogP contribution in [0.1, 0.15) is 15.9 Å². The van der Waals surface area contributed by atoms with Crippen molar-refractivity contribution in [3.8, 4) is 21.0 Å². The summed E-state index contributed by atoms with van der Waals surface area (Å²) in [6.45, 7) is 2.04. The number of carbonyl (C=O) groups is 1. The number of aryl methyl sites for hydroxylation is 2. The normalized spacial score (nSPS) is 10.9. The highest BCUT2D eigenvalue weighted by molar-refractivity contribution is 7.19. The third-order valence-electron chi connectivity index (χ3n) is 4.58. The smallest absolute Gasteiger partial charge is 0.261 e. The maximum absolute atomic E-state index is 13.8. The Kier molecular flexibility index (Phi) is 4.98. The molecule has 0 saturated heterocycles. The van der Waals surface area contributed by atoms with Gasteiger partial charge in [-0.25, -0.2) is 13.8 Å². The molecule has 29 heavy (non-hydrogen) atoms. The Balaban J connectivity index is 1.57. The van der Waals surface area contributed by atoms with Crippen LogP contribution in [0.5, 0.6) is 0 Å². The topological polar surface area (TPSA) is 46.9 Å². The van der Waals surface area contributed by atoms with E-state index in [9.17, 15) is 13.6 Å². The van der Waals surface area contributed by atoms with Crippen molar-refractivity contribution in [3.05, 3.63) is 83.8 Å². The highest BCUT2D eigenvalue weighted by Crippen LogP contribution is 2.37. The summed E-state index contributed by atoms with van der Waals surface area (Å²) < 4.78 is 29.5. The second-order valence-corrected chi connectivity index (χ2v) is 7.69. The van der Waals surface area contributed by atoms with Crippen LogP contribution in [0.25, 0.3) is 21.0 Å². The third-order valence-corrected chi connectivity index (χ3v) is 5.89. The molecule has 1 N–H and O–H groups in total. The average molecular weight is 409 g/mol. The number of rotatable bonds is 4. The summed E-state index contributed by atoms with van der Waals surface area (Å²) in [5, 5.41) is 2.54. The van der Waals surface area contributed by atoms with E-state index in [2.05, 4.69) is 16.4 Å². The van der Waals surface area contributed by atoms with Crippen molar-refractivity contribution >= 4 is 22.9 Å². The van der Waals surface area contributed by atoms with Crippen LogP contribution in [0, 0.1) is 18.6 Å². The van der Waals surface area contributed by atoms with Crippen LogP contribution in [0.2, 0.25) is 0 Å². The fraction of sp³-hybridized carbons (Fsp3) is 0.0909. The van der Waals surface area contributed by atoms with E-state index >= 15 is 0 Å². The molecule has 0 aliphatic carbocycles. The second kappa shape index (κ2) is 7.60. The number of hydrogen-bond acceptors (Lipinski definition) is 3. The molecule has 4 nitrogen and oxygen atoms in total. The van der Waals surface area contributed by atoms with Gasteiger partial charge in [-0.05, 0) is 48.4 Å². The lowest BCUT2D eigenvalue weighted by atomic mass is 10.1. The van der Waals surface area contributed by atoms with Crippen molar-refractivity contribution in [2.24, 2.45) is 7.05 Å². The van der Waals surface area contributed by atoms with Crippen LogP contribution in [-0.2, 0) is 7.05 Å². The molecule has 0 atom stereocenters. The fourth-order valence-electron chi connectivity index (χ4n) is 3.10. The molecule has 7 heteroatoms. The van der Waals surface area contributed by atoms with Crippen molar-refractivity contribution < 1.29 is 13.6 Å². The van der Waals surface area contributed by atoms with Crippen LogP contribution in [0.4, 0.5) is 14.5 Å². The summed E-state index contributed by atoms with van der Waals surface area (Å²) in [4.78, 5) is 18.6. The number of benzene rings is 2. The lowest BCUT2D eigenvalue weighted by Crippen LogP contribution is -2.15. The molecule has 2 heterocycles. The minimum atomic E-state index is -0.893. The van der Waals surface area contributed by atoms with E-state index in [1.807, 2.05) is 36.9 Å². The first-order valence-electron chi connectivity index (χ1n) is 8.87. The summed E-state index contributed by atoms with van der Waals surface area (Å²) in [5.41, 5.74) is 3.04. The van der Waals surface area contributed by atoms with Gasteiger partial charge >= 0.3 is 0 Å². The number of hydrogen-bond donors (Lipinski definition) is 1. The van der Waals surface area contributed by atoms with Gasteiger partial charge in [0.2, 0.25) is 0 Å². The molecule has 0 unspecified atom stereocenters. The molecule has 0 fully saturated rings. The molecule has 4 rings (SSSR count). The van der Waals surface area contributed by atoms with Crippen molar-refractivity contribution in [2.45, 2.75) is 6.92 Å². The van der Waals surface area contributed by atoms with Crippen molar-refractivity contribution in [1.82, 2.24) is 9.55 Å². The number of anilines is 1. The van der Waals surface area contributed by atoms with Gasteiger partial charge in [0.1, 0.15) is 17.2 Å². The zero-order valence-electron chi connectivity index (χ0n) is 15.7. The standard InChI is InChI=1S/C22H17F2N3OS/c1-13-10-19(18-11-25-12-27(18)2)29-21(13)14-6-8-15(9-7-14)26-22(28)20-16(23)4-3-5-17(20)24/h3-12H,1-2H3,(H,26,28). The number of nitrogens with zero attached hydrogens (tertiary/aromatic N) is 2. The van der Waals surface area contributed by atoms with Crippen LogP contribution < -0.4 is 5.32 Å². The van der Waals surface area contributed by atoms with Gasteiger partial charge in [-0.1, -0.05) is 18.2 Å². The van der Waals surface area contributed by atoms with E-state index in [0.717, 1.165) is 38.7 Å². The first kappa shape index (κ1) is 19.0. The lowest BCUT2D eigenvalue weighted by Gasteiger charge is -2.08. The summed E-state index contributed by atoms with van der Waals surface area (Å²) in [6, 6.07) is 12.6. The first-order valence-corrected chi connectivity index (χ1v) is 9.68. The predicted molar refractivity (Wildman–Crippen MR) is 111 cm³/mol. The fourth-order valence-corrected chi connectivity index (χ4v) is 4.33. The maximum Gasteiger partial charge on any atom is 0.261 e. The minimum absolute atomic E-state index is 0.461. The second-order valence-electron chi connectivity index (χ2n) is 6.64. The highest BCUT2D eigenvalue weighted by Gasteiger charge is 2.17. The zero-order chi connectivity index (χ0) is 20.5. The largest absolute Gasteiger partial charge is 0.333 e. The van der Waals surface area contributed by atoms with Crippen molar-refractivity contribution in [2.75, 3.05) is 5.32 Å². The average Bonchev–Trinajstić information content (AvgIpc) is 3.27. The molecular weight excluding hydrogens is 392 g/mol. The van der Waals surface area contributed by atoms with Crippen LogP contribution in [-0.4, -0.2) is 15.5 Å². The summed E-state index contributed by atoms with van der Waals surface area (Å²) >= 11 is 1.66. The van der Waals surface area contributed by atoms with Gasteiger partial charge in [-0.3, -0.25) is 4.79 Å². The van der Waals surface area contributed by atoms with Gasteiger partial charge in [0.05, 0.1) is 23.1 Å². The van der Waals surface area contributed by atoms with Gasteiger partial charge in [0.15, 0.2) is 0 Å². The van der Waals surface area contributed by atoms with Crippen LogP contribution in [0.15, 0.2) is 61.1 Å². The number of carbonyl (C=O) groups excluding carboxylic acids is 1. The molecule has 1 amide bonds. The summed E-state index contributed by atoms with van der Waals surface area (Å²) in [6.07, 6.45) is 3.59. The molecule has 0 bridgehead atoms. The number of nitrogens with one attached hydrogen (secondary N) is 1. The molecule has 2 aromatic carbocycles. The Morgan fingerprint density at radius 3 is 2.41 bits per heavy atom. The minimum Gasteiger partial charge on any atom is -0.333 e. The molecule has 0 radical (unpaired) electrons. The first-order chi connectivity index (χ1) is 13.9. The summed E-state index contributed by atoms with van der Waals surface area (Å²) in [7, 11) is 1.95. The molecule has 2 aromatic heterocycles. The molecule has 0 aliphatic heterocycles. The number of halogens is 2. The van der Waals surface area contributed by atoms with E-state index < -0.39 is 23.1 Å².